The molecule has 3 heterocycles. The molecule has 0 unspecified atom stereocenters. The van der Waals surface area contributed by atoms with Crippen molar-refractivity contribution >= 4 is 46.4 Å². The fourth-order valence-electron chi connectivity index (χ4n) is 3.81. The lowest BCUT2D eigenvalue weighted by atomic mass is 10.1. The van der Waals surface area contributed by atoms with Crippen LogP contribution in [0.3, 0.4) is 0 Å². The number of benzene rings is 2. The quantitative estimate of drug-likeness (QED) is 0.237. The summed E-state index contributed by atoms with van der Waals surface area (Å²) >= 11 is 1.32. The third kappa shape index (κ3) is 4.67. The van der Waals surface area contributed by atoms with Crippen LogP contribution in [0.5, 0.6) is 0 Å². The first-order chi connectivity index (χ1) is 17.5. The lowest BCUT2D eigenvalue weighted by Gasteiger charge is -2.26. The van der Waals surface area contributed by atoms with Crippen molar-refractivity contribution in [3.8, 4) is 11.3 Å². The van der Waals surface area contributed by atoms with E-state index in [4.69, 9.17) is 14.6 Å². The second-order valence-corrected chi connectivity index (χ2v) is 9.03. The van der Waals surface area contributed by atoms with Crippen molar-refractivity contribution in [2.24, 2.45) is 4.99 Å². The second kappa shape index (κ2) is 10.2. The molecule has 1 N–H and O–H groups in total. The number of hydrogen-bond donors (Lipinski definition) is 1. The first-order valence-electron chi connectivity index (χ1n) is 11.6. The zero-order valence-electron chi connectivity index (χ0n) is 19.6. The number of esters is 1. The fourth-order valence-corrected chi connectivity index (χ4v) is 4.69. The van der Waals surface area contributed by atoms with Gasteiger partial charge in [-0.05, 0) is 42.3 Å². The van der Waals surface area contributed by atoms with E-state index in [0.717, 1.165) is 29.7 Å². The van der Waals surface area contributed by atoms with E-state index in [1.54, 1.807) is 47.4 Å². The molecule has 3 aromatic rings. The average molecular weight is 498 g/mol. The molecule has 7 nitrogen and oxygen atoms in total. The lowest BCUT2D eigenvalue weighted by Crippen LogP contribution is -2.37. The van der Waals surface area contributed by atoms with Gasteiger partial charge in [-0.25, -0.2) is 4.79 Å². The van der Waals surface area contributed by atoms with E-state index < -0.39 is 5.91 Å². The molecule has 0 spiro atoms. The third-order valence-corrected chi connectivity index (χ3v) is 6.56. The van der Waals surface area contributed by atoms with E-state index in [1.807, 2.05) is 42.7 Å². The van der Waals surface area contributed by atoms with Crippen LogP contribution in [0, 0.1) is 5.41 Å². The van der Waals surface area contributed by atoms with Crippen LogP contribution in [0.25, 0.3) is 23.1 Å². The molecule has 180 valence electrons. The SMILES string of the molecule is CCCCOC(=O)c1ccc(-c2ccc(C=C3C(=N)N4C(c5ccccc5)=CSC4=NC3=O)o2)cc1. The number of ether oxygens (including phenoxy) is 1. The van der Waals surface area contributed by atoms with Gasteiger partial charge in [0.2, 0.25) is 0 Å². The molecule has 2 aromatic carbocycles. The Bertz CT molecular complexity index is 1420. The third-order valence-electron chi connectivity index (χ3n) is 5.73. The number of amides is 1. The minimum atomic E-state index is -0.481. The molecular weight excluding hydrogens is 474 g/mol. The molecule has 0 radical (unpaired) electrons. The first-order valence-corrected chi connectivity index (χ1v) is 12.5. The molecule has 0 saturated carbocycles. The van der Waals surface area contributed by atoms with E-state index >= 15 is 0 Å². The van der Waals surface area contributed by atoms with Crippen LogP contribution in [0.1, 0.15) is 41.4 Å². The number of carbonyl (C=O) groups is 2. The monoisotopic (exact) mass is 497 g/mol. The van der Waals surface area contributed by atoms with Crippen LogP contribution >= 0.6 is 11.8 Å². The van der Waals surface area contributed by atoms with Crippen molar-refractivity contribution in [2.45, 2.75) is 19.8 Å². The van der Waals surface area contributed by atoms with Gasteiger partial charge in [0.15, 0.2) is 5.17 Å². The van der Waals surface area contributed by atoms with Gasteiger partial charge < -0.3 is 9.15 Å². The Balaban J connectivity index is 1.35. The van der Waals surface area contributed by atoms with Crippen molar-refractivity contribution in [1.29, 1.82) is 5.41 Å². The summed E-state index contributed by atoms with van der Waals surface area (Å²) in [6.45, 7) is 2.45. The van der Waals surface area contributed by atoms with Crippen molar-refractivity contribution < 1.29 is 18.7 Å². The van der Waals surface area contributed by atoms with E-state index in [1.165, 1.54) is 11.8 Å². The van der Waals surface area contributed by atoms with E-state index in [0.29, 0.717) is 28.9 Å². The number of amidine groups is 2. The number of carbonyl (C=O) groups excluding carboxylic acids is 2. The van der Waals surface area contributed by atoms with Crippen LogP contribution in [0.15, 0.2) is 87.1 Å². The predicted molar refractivity (Wildman–Crippen MR) is 141 cm³/mol. The molecule has 0 bridgehead atoms. The molecule has 2 aliphatic rings. The smallest absolute Gasteiger partial charge is 0.338 e. The molecule has 1 amide bonds. The summed E-state index contributed by atoms with van der Waals surface area (Å²) in [4.78, 5) is 30.7. The standard InChI is InChI=1S/C28H23N3O4S/c1-2-3-15-34-27(33)20-11-9-19(10-12-20)24-14-13-21(35-24)16-22-25(29)31-23(18-7-5-4-6-8-18)17-36-28(31)30-26(22)32/h4-14,16-17,29H,2-3,15H2,1H3. The summed E-state index contributed by atoms with van der Waals surface area (Å²) in [5, 5.41) is 11.1. The summed E-state index contributed by atoms with van der Waals surface area (Å²) in [6, 6.07) is 20.2. The molecule has 0 saturated heterocycles. The summed E-state index contributed by atoms with van der Waals surface area (Å²) in [7, 11) is 0. The maximum absolute atomic E-state index is 12.7. The van der Waals surface area contributed by atoms with Gasteiger partial charge in [-0.3, -0.25) is 15.1 Å². The molecule has 0 atom stereocenters. The van der Waals surface area contributed by atoms with Gasteiger partial charge in [-0.15, -0.1) is 0 Å². The highest BCUT2D eigenvalue weighted by Gasteiger charge is 2.36. The number of fused-ring (bicyclic) bond motifs is 1. The zero-order chi connectivity index (χ0) is 25.1. The van der Waals surface area contributed by atoms with Crippen LogP contribution in [0.2, 0.25) is 0 Å². The number of hydrogen-bond acceptors (Lipinski definition) is 6. The molecule has 0 fully saturated rings. The highest BCUT2D eigenvalue weighted by molar-refractivity contribution is 8.17. The predicted octanol–water partition coefficient (Wildman–Crippen LogP) is 6.21. The minimum Gasteiger partial charge on any atom is -0.462 e. The number of furan rings is 1. The Morgan fingerprint density at radius 1 is 1.08 bits per heavy atom. The minimum absolute atomic E-state index is 0.0500. The number of rotatable bonds is 7. The van der Waals surface area contributed by atoms with Crippen molar-refractivity contribution in [3.63, 3.8) is 0 Å². The largest absolute Gasteiger partial charge is 0.462 e. The zero-order valence-corrected chi connectivity index (χ0v) is 20.4. The number of nitrogens with one attached hydrogen (secondary N) is 1. The highest BCUT2D eigenvalue weighted by Crippen LogP contribution is 2.37. The van der Waals surface area contributed by atoms with E-state index in [9.17, 15) is 9.59 Å². The fraction of sp³-hybridized carbons (Fsp3) is 0.143. The van der Waals surface area contributed by atoms with Crippen molar-refractivity contribution in [2.75, 3.05) is 6.61 Å². The number of nitrogens with zero attached hydrogens (tertiary/aromatic N) is 2. The molecule has 5 rings (SSSR count). The van der Waals surface area contributed by atoms with Gasteiger partial charge in [0, 0.05) is 11.0 Å². The molecule has 1 aromatic heterocycles. The van der Waals surface area contributed by atoms with Gasteiger partial charge >= 0.3 is 5.97 Å². The van der Waals surface area contributed by atoms with Crippen molar-refractivity contribution in [3.05, 3.63) is 94.6 Å². The van der Waals surface area contributed by atoms with Gasteiger partial charge in [0.05, 0.1) is 23.4 Å². The van der Waals surface area contributed by atoms with Gasteiger partial charge in [-0.2, -0.15) is 4.99 Å². The summed E-state index contributed by atoms with van der Waals surface area (Å²) in [5.41, 5.74) is 3.14. The normalized spacial score (nSPS) is 16.1. The van der Waals surface area contributed by atoms with Crippen LogP contribution < -0.4 is 0 Å². The van der Waals surface area contributed by atoms with Gasteiger partial charge in [-0.1, -0.05) is 67.6 Å². The Kier molecular flexibility index (Phi) is 6.69. The number of aliphatic imine (C=N–C) groups is 1. The number of unbranched alkanes of at least 4 members (excludes halogenated alkanes) is 1. The lowest BCUT2D eigenvalue weighted by molar-refractivity contribution is -0.114. The molecule has 0 aliphatic carbocycles. The maximum Gasteiger partial charge on any atom is 0.338 e. The molecule has 8 heteroatoms. The Morgan fingerprint density at radius 3 is 2.61 bits per heavy atom. The van der Waals surface area contributed by atoms with Gasteiger partial charge in [0.25, 0.3) is 5.91 Å². The van der Waals surface area contributed by atoms with E-state index in [-0.39, 0.29) is 17.4 Å². The topological polar surface area (TPSA) is 96.0 Å². The molecule has 36 heavy (non-hydrogen) atoms. The Morgan fingerprint density at radius 2 is 1.86 bits per heavy atom. The Labute approximate surface area is 212 Å². The van der Waals surface area contributed by atoms with Crippen LogP contribution in [-0.2, 0) is 9.53 Å². The molecule has 2 aliphatic heterocycles. The maximum atomic E-state index is 12.7. The molecular formula is C28H23N3O4S. The van der Waals surface area contributed by atoms with Gasteiger partial charge in [0.1, 0.15) is 17.4 Å². The summed E-state index contributed by atoms with van der Waals surface area (Å²) in [6.07, 6.45) is 3.34. The summed E-state index contributed by atoms with van der Waals surface area (Å²) in [5.74, 6) is 0.225. The average Bonchev–Trinajstić information content (AvgIpc) is 3.55. The van der Waals surface area contributed by atoms with E-state index in [2.05, 4.69) is 4.99 Å². The number of thioether (sulfide) groups is 1. The summed E-state index contributed by atoms with van der Waals surface area (Å²) < 4.78 is 11.2. The second-order valence-electron chi connectivity index (χ2n) is 8.20. The van der Waals surface area contributed by atoms with Crippen LogP contribution in [-0.4, -0.2) is 34.4 Å². The van der Waals surface area contributed by atoms with Crippen molar-refractivity contribution in [1.82, 2.24) is 4.90 Å². The Hall–Kier alpha value is -4.17. The first kappa shape index (κ1) is 23.6. The highest BCUT2D eigenvalue weighted by atomic mass is 32.2. The van der Waals surface area contributed by atoms with Crippen LogP contribution in [0.4, 0.5) is 0 Å².